The number of rotatable bonds is 9. The number of thioether (sulfide) groups is 1. The lowest BCUT2D eigenvalue weighted by molar-refractivity contribution is 0.0381. The zero-order valence-electron chi connectivity index (χ0n) is 23.2. The fourth-order valence-electron chi connectivity index (χ4n) is 4.99. The van der Waals surface area contributed by atoms with Gasteiger partial charge in [-0.1, -0.05) is 24.3 Å². The lowest BCUT2D eigenvalue weighted by atomic mass is 10.1. The number of anilines is 1. The lowest BCUT2D eigenvalue weighted by Gasteiger charge is -2.26. The number of hydrogen-bond donors (Lipinski definition) is 2. The molecule has 0 saturated carbocycles. The Morgan fingerprint density at radius 2 is 1.84 bits per heavy atom. The summed E-state index contributed by atoms with van der Waals surface area (Å²) < 4.78 is 31.8. The van der Waals surface area contributed by atoms with Gasteiger partial charge >= 0.3 is 0 Å². The molecule has 2 N–H and O–H groups in total. The van der Waals surface area contributed by atoms with Crippen LogP contribution in [0.15, 0.2) is 87.6 Å². The van der Waals surface area contributed by atoms with E-state index in [0.717, 1.165) is 60.5 Å². The van der Waals surface area contributed by atoms with Crippen LogP contribution < -0.4 is 10.6 Å². The minimum absolute atomic E-state index is 0.0492. The van der Waals surface area contributed by atoms with E-state index in [9.17, 15) is 18.0 Å². The van der Waals surface area contributed by atoms with Crippen LogP contribution in [0.25, 0.3) is 10.6 Å². The Labute approximate surface area is 258 Å². The van der Waals surface area contributed by atoms with Crippen molar-refractivity contribution in [2.24, 2.45) is 0 Å². The van der Waals surface area contributed by atoms with Crippen LogP contribution in [-0.2, 0) is 21.1 Å². The van der Waals surface area contributed by atoms with Crippen molar-refractivity contribution >= 4 is 50.4 Å². The number of nitrogens with one attached hydrogen (secondary N) is 2. The van der Waals surface area contributed by atoms with Gasteiger partial charge in [0.1, 0.15) is 5.01 Å². The largest absolute Gasteiger partial charge is 0.379 e. The van der Waals surface area contributed by atoms with Crippen LogP contribution in [0.3, 0.4) is 0 Å². The summed E-state index contributed by atoms with van der Waals surface area (Å²) >= 11 is 3.36. The average Bonchev–Trinajstić information content (AvgIpc) is 3.49. The number of thiazole rings is 1. The molecule has 3 aromatic carbocycles. The molecule has 0 spiro atoms. The van der Waals surface area contributed by atoms with Crippen molar-refractivity contribution in [2.75, 3.05) is 43.9 Å². The molecule has 4 aromatic rings. The molecule has 1 fully saturated rings. The van der Waals surface area contributed by atoms with E-state index in [1.165, 1.54) is 46.6 Å². The minimum Gasteiger partial charge on any atom is -0.379 e. The molecule has 1 saturated heterocycles. The van der Waals surface area contributed by atoms with Gasteiger partial charge in [-0.2, -0.15) is 0 Å². The first kappa shape index (κ1) is 29.5. The Morgan fingerprint density at radius 1 is 1.05 bits per heavy atom. The fraction of sp³-hybridized carbons (Fsp3) is 0.258. The Hall–Kier alpha value is -3.55. The third-order valence-electron chi connectivity index (χ3n) is 7.27. The van der Waals surface area contributed by atoms with Crippen molar-refractivity contribution in [1.82, 2.24) is 15.2 Å². The number of carbonyl (C=O) groups excluding carboxylic acids is 2. The SMILES string of the molecule is O=C(NCc1cnc(-c2ccc(SCCCN3CCOCC3)cc2)s1)c1ccc2c(c1)NC(=O)c1ccccc1S2(=O)=O. The molecule has 2 amide bonds. The van der Waals surface area contributed by atoms with E-state index in [4.69, 9.17) is 4.74 Å². The normalized spacial score (nSPS) is 16.0. The highest BCUT2D eigenvalue weighted by molar-refractivity contribution is 7.99. The van der Waals surface area contributed by atoms with Gasteiger partial charge in [-0.3, -0.25) is 14.5 Å². The van der Waals surface area contributed by atoms with Crippen molar-refractivity contribution in [3.8, 4) is 10.6 Å². The Morgan fingerprint density at radius 3 is 2.65 bits per heavy atom. The standard InChI is InChI=1S/C31H30N4O5S3/c36-29(22-8-11-28-26(18-22)34-30(37)25-4-1-2-5-27(25)43(28,38)39)32-19-24-20-33-31(42-24)21-6-9-23(10-7-21)41-17-3-12-35-13-15-40-16-14-35/h1-2,4-11,18,20H,3,12-17,19H2,(H,32,36)(H,34,37). The second-order valence-electron chi connectivity index (χ2n) is 10.2. The molecular formula is C31H30N4O5S3. The van der Waals surface area contributed by atoms with Gasteiger partial charge in [0.15, 0.2) is 0 Å². The van der Waals surface area contributed by atoms with Crippen LogP contribution in [0.5, 0.6) is 0 Å². The van der Waals surface area contributed by atoms with Gasteiger partial charge in [0, 0.05) is 40.2 Å². The molecule has 12 heteroatoms. The molecule has 0 atom stereocenters. The summed E-state index contributed by atoms with van der Waals surface area (Å²) in [4.78, 5) is 34.7. The maximum Gasteiger partial charge on any atom is 0.257 e. The third kappa shape index (κ3) is 6.68. The van der Waals surface area contributed by atoms with Gasteiger partial charge in [0.25, 0.3) is 11.8 Å². The minimum atomic E-state index is -3.93. The summed E-state index contributed by atoms with van der Waals surface area (Å²) in [6.45, 7) is 5.08. The second kappa shape index (κ2) is 13.0. The van der Waals surface area contributed by atoms with E-state index in [-0.39, 0.29) is 39.1 Å². The van der Waals surface area contributed by atoms with Crippen LogP contribution in [-0.4, -0.2) is 68.7 Å². The highest BCUT2D eigenvalue weighted by Gasteiger charge is 2.31. The van der Waals surface area contributed by atoms with E-state index in [1.54, 1.807) is 18.3 Å². The van der Waals surface area contributed by atoms with E-state index in [1.807, 2.05) is 11.8 Å². The van der Waals surface area contributed by atoms with E-state index < -0.39 is 15.7 Å². The monoisotopic (exact) mass is 634 g/mol. The van der Waals surface area contributed by atoms with Gasteiger partial charge < -0.3 is 15.4 Å². The number of ether oxygens (including phenoxy) is 1. The third-order valence-corrected chi connectivity index (χ3v) is 11.3. The van der Waals surface area contributed by atoms with Crippen LogP contribution in [0.2, 0.25) is 0 Å². The Bertz CT molecular complexity index is 1750. The van der Waals surface area contributed by atoms with Crippen molar-refractivity contribution < 1.29 is 22.7 Å². The highest BCUT2D eigenvalue weighted by atomic mass is 32.2. The predicted molar refractivity (Wildman–Crippen MR) is 168 cm³/mol. The smallest absolute Gasteiger partial charge is 0.257 e. The number of aromatic nitrogens is 1. The summed E-state index contributed by atoms with van der Waals surface area (Å²) in [7, 11) is -3.93. The number of benzene rings is 3. The van der Waals surface area contributed by atoms with E-state index in [0.29, 0.717) is 0 Å². The number of hydrogen-bond acceptors (Lipinski definition) is 9. The van der Waals surface area contributed by atoms with Crippen LogP contribution in [0.1, 0.15) is 32.0 Å². The summed E-state index contributed by atoms with van der Waals surface area (Å²) in [5.41, 5.74) is 1.40. The van der Waals surface area contributed by atoms with Crippen molar-refractivity contribution in [1.29, 1.82) is 0 Å². The first-order chi connectivity index (χ1) is 20.9. The van der Waals surface area contributed by atoms with Gasteiger partial charge in [-0.15, -0.1) is 23.1 Å². The van der Waals surface area contributed by atoms with Crippen molar-refractivity contribution in [3.63, 3.8) is 0 Å². The predicted octanol–water partition coefficient (Wildman–Crippen LogP) is 4.95. The summed E-state index contributed by atoms with van der Waals surface area (Å²) in [6.07, 6.45) is 2.89. The molecule has 43 heavy (non-hydrogen) atoms. The van der Waals surface area contributed by atoms with Gasteiger partial charge in [-0.05, 0) is 61.2 Å². The molecule has 6 rings (SSSR count). The Balaban J connectivity index is 1.04. The van der Waals surface area contributed by atoms with Crippen LogP contribution in [0.4, 0.5) is 5.69 Å². The zero-order valence-corrected chi connectivity index (χ0v) is 25.7. The molecule has 0 radical (unpaired) electrons. The number of carbonyl (C=O) groups is 2. The maximum absolute atomic E-state index is 13.2. The Kier molecular flexibility index (Phi) is 8.91. The van der Waals surface area contributed by atoms with Crippen molar-refractivity contribution in [2.45, 2.75) is 27.7 Å². The lowest BCUT2D eigenvalue weighted by Crippen LogP contribution is -2.36. The summed E-state index contributed by atoms with van der Waals surface area (Å²) in [6, 6.07) is 18.6. The first-order valence-electron chi connectivity index (χ1n) is 13.9. The topological polar surface area (TPSA) is 118 Å². The molecule has 0 aliphatic carbocycles. The fourth-order valence-corrected chi connectivity index (χ4v) is 8.28. The molecule has 2 aliphatic rings. The molecular weight excluding hydrogens is 605 g/mol. The molecule has 1 aromatic heterocycles. The van der Waals surface area contributed by atoms with Crippen LogP contribution >= 0.6 is 23.1 Å². The number of sulfone groups is 1. The van der Waals surface area contributed by atoms with E-state index >= 15 is 0 Å². The number of fused-ring (bicyclic) bond motifs is 2. The summed E-state index contributed by atoms with van der Waals surface area (Å²) in [5, 5.41) is 6.38. The van der Waals surface area contributed by atoms with Gasteiger partial charge in [-0.25, -0.2) is 13.4 Å². The number of amides is 2. The summed E-state index contributed by atoms with van der Waals surface area (Å²) in [5.74, 6) is 0.141. The van der Waals surface area contributed by atoms with Gasteiger partial charge in [0.2, 0.25) is 9.84 Å². The average molecular weight is 635 g/mol. The van der Waals surface area contributed by atoms with Crippen LogP contribution in [0, 0.1) is 0 Å². The first-order valence-corrected chi connectivity index (χ1v) is 17.2. The molecule has 0 unspecified atom stereocenters. The molecule has 222 valence electrons. The number of nitrogens with zero attached hydrogens (tertiary/aromatic N) is 2. The molecule has 2 aliphatic heterocycles. The van der Waals surface area contributed by atoms with E-state index in [2.05, 4.69) is 44.8 Å². The van der Waals surface area contributed by atoms with Crippen molar-refractivity contribution in [3.05, 3.63) is 88.9 Å². The zero-order chi connectivity index (χ0) is 29.8. The highest BCUT2D eigenvalue weighted by Crippen LogP contribution is 2.34. The second-order valence-corrected chi connectivity index (χ2v) is 14.3. The molecule has 0 bridgehead atoms. The van der Waals surface area contributed by atoms with Gasteiger partial charge in [0.05, 0.1) is 40.8 Å². The maximum atomic E-state index is 13.2. The quantitative estimate of drug-likeness (QED) is 0.196. The number of morpholine rings is 1. The molecule has 9 nitrogen and oxygen atoms in total. The molecule has 3 heterocycles.